The summed E-state index contributed by atoms with van der Waals surface area (Å²) in [6.07, 6.45) is 0. The predicted molar refractivity (Wildman–Crippen MR) is 72.4 cm³/mol. The smallest absolute Gasteiger partial charge is 0.316 e. The van der Waals surface area contributed by atoms with E-state index in [1.807, 2.05) is 34.7 Å². The van der Waals surface area contributed by atoms with E-state index in [4.69, 9.17) is 10.5 Å². The van der Waals surface area contributed by atoms with Crippen LogP contribution in [-0.2, 0) is 23.1 Å². The van der Waals surface area contributed by atoms with Crippen molar-refractivity contribution in [3.8, 4) is 0 Å². The lowest BCUT2D eigenvalue weighted by molar-refractivity contribution is -0.151. The summed E-state index contributed by atoms with van der Waals surface area (Å²) in [5.41, 5.74) is 7.14. The van der Waals surface area contributed by atoms with Crippen LogP contribution in [0, 0.1) is 6.92 Å². The third kappa shape index (κ3) is 4.03. The minimum atomic E-state index is -0.448. The van der Waals surface area contributed by atoms with E-state index < -0.39 is 5.60 Å². The lowest BCUT2D eigenvalue weighted by Gasteiger charge is -2.19. The third-order valence-corrected chi connectivity index (χ3v) is 3.40. The van der Waals surface area contributed by atoms with Gasteiger partial charge in [0, 0.05) is 19.2 Å². The first-order chi connectivity index (χ1) is 8.24. The van der Waals surface area contributed by atoms with Gasteiger partial charge >= 0.3 is 5.97 Å². The number of nitrogens with zero attached hydrogens (tertiary/aromatic N) is 2. The van der Waals surface area contributed by atoms with Crippen LogP contribution in [0.15, 0.2) is 5.03 Å². The number of rotatable bonds is 4. The maximum absolute atomic E-state index is 11.6. The highest BCUT2D eigenvalue weighted by Crippen LogP contribution is 2.25. The molecule has 0 aliphatic carbocycles. The van der Waals surface area contributed by atoms with Crippen molar-refractivity contribution in [2.24, 2.45) is 12.8 Å². The molecule has 0 fully saturated rings. The molecule has 0 radical (unpaired) electrons. The van der Waals surface area contributed by atoms with Crippen LogP contribution in [0.4, 0.5) is 0 Å². The van der Waals surface area contributed by atoms with E-state index in [0.29, 0.717) is 6.54 Å². The van der Waals surface area contributed by atoms with Crippen LogP contribution in [0.5, 0.6) is 0 Å². The number of aromatic nitrogens is 2. The Hall–Kier alpha value is -1.01. The maximum atomic E-state index is 11.6. The Labute approximate surface area is 112 Å². The predicted octanol–water partition coefficient (Wildman–Crippen LogP) is 1.62. The number of carbonyl (C=O) groups is 1. The number of hydrogen-bond donors (Lipinski definition) is 1. The molecule has 1 rings (SSSR count). The SMILES string of the molecule is Cc1nn(C)c(SCC(=O)OC(C)(C)C)c1CN. The summed E-state index contributed by atoms with van der Waals surface area (Å²) in [5.74, 6) is 0.0396. The lowest BCUT2D eigenvalue weighted by atomic mass is 10.2. The van der Waals surface area contributed by atoms with Gasteiger partial charge < -0.3 is 10.5 Å². The Balaban J connectivity index is 2.67. The molecule has 6 heteroatoms. The lowest BCUT2D eigenvalue weighted by Crippen LogP contribution is -2.25. The molecule has 2 N–H and O–H groups in total. The average Bonchev–Trinajstić information content (AvgIpc) is 2.47. The van der Waals surface area contributed by atoms with Crippen molar-refractivity contribution in [1.82, 2.24) is 9.78 Å². The van der Waals surface area contributed by atoms with Crippen molar-refractivity contribution in [2.45, 2.75) is 44.9 Å². The molecule has 0 bridgehead atoms. The molecule has 0 atom stereocenters. The van der Waals surface area contributed by atoms with Gasteiger partial charge in [0.05, 0.1) is 16.5 Å². The summed E-state index contributed by atoms with van der Waals surface area (Å²) in [4.78, 5) is 11.6. The Kier molecular flexibility index (Phi) is 4.81. The molecule has 5 nitrogen and oxygen atoms in total. The van der Waals surface area contributed by atoms with Crippen molar-refractivity contribution in [2.75, 3.05) is 5.75 Å². The number of thioether (sulfide) groups is 1. The summed E-state index contributed by atoms with van der Waals surface area (Å²) in [6.45, 7) is 7.91. The van der Waals surface area contributed by atoms with Crippen LogP contribution in [0.2, 0.25) is 0 Å². The van der Waals surface area contributed by atoms with Gasteiger partial charge in [0.1, 0.15) is 5.60 Å². The van der Waals surface area contributed by atoms with Crippen LogP contribution < -0.4 is 5.73 Å². The molecule has 0 unspecified atom stereocenters. The van der Waals surface area contributed by atoms with Crippen molar-refractivity contribution < 1.29 is 9.53 Å². The molecule has 1 aromatic rings. The molecule has 0 aliphatic heterocycles. The van der Waals surface area contributed by atoms with Gasteiger partial charge in [-0.15, -0.1) is 0 Å². The minimum absolute atomic E-state index is 0.227. The Morgan fingerprint density at radius 1 is 1.50 bits per heavy atom. The van der Waals surface area contributed by atoms with Gasteiger partial charge in [-0.2, -0.15) is 5.10 Å². The number of nitrogens with two attached hydrogens (primary N) is 1. The van der Waals surface area contributed by atoms with Gasteiger partial charge in [-0.25, -0.2) is 0 Å². The second kappa shape index (κ2) is 5.75. The number of hydrogen-bond acceptors (Lipinski definition) is 5. The first-order valence-electron chi connectivity index (χ1n) is 5.81. The van der Waals surface area contributed by atoms with Crippen molar-refractivity contribution in [3.05, 3.63) is 11.3 Å². The zero-order valence-corrected chi connectivity index (χ0v) is 12.4. The summed E-state index contributed by atoms with van der Waals surface area (Å²) >= 11 is 1.41. The highest BCUT2D eigenvalue weighted by molar-refractivity contribution is 7.99. The Morgan fingerprint density at radius 2 is 2.11 bits per heavy atom. The molecule has 0 spiro atoms. The molecule has 0 aromatic carbocycles. The van der Waals surface area contributed by atoms with E-state index in [1.54, 1.807) is 4.68 Å². The molecule has 1 heterocycles. The second-order valence-electron chi connectivity index (χ2n) is 5.07. The fourth-order valence-corrected chi connectivity index (χ4v) is 2.54. The summed E-state index contributed by atoms with van der Waals surface area (Å²) in [6, 6.07) is 0. The van der Waals surface area contributed by atoms with Gasteiger partial charge in [0.2, 0.25) is 0 Å². The Morgan fingerprint density at radius 3 is 2.61 bits per heavy atom. The number of esters is 1. The van der Waals surface area contributed by atoms with Gasteiger partial charge in [0.15, 0.2) is 0 Å². The molecule has 102 valence electrons. The van der Waals surface area contributed by atoms with Gasteiger partial charge in [-0.05, 0) is 27.7 Å². The summed E-state index contributed by atoms with van der Waals surface area (Å²) in [7, 11) is 1.85. The third-order valence-electron chi connectivity index (χ3n) is 2.24. The van der Waals surface area contributed by atoms with Gasteiger partial charge in [-0.3, -0.25) is 9.48 Å². The normalized spacial score (nSPS) is 11.7. The van der Waals surface area contributed by atoms with Crippen molar-refractivity contribution in [1.29, 1.82) is 0 Å². The van der Waals surface area contributed by atoms with E-state index in [1.165, 1.54) is 11.8 Å². The van der Waals surface area contributed by atoms with Crippen LogP contribution >= 0.6 is 11.8 Å². The largest absolute Gasteiger partial charge is 0.459 e. The fourth-order valence-electron chi connectivity index (χ4n) is 1.59. The highest BCUT2D eigenvalue weighted by Gasteiger charge is 2.18. The minimum Gasteiger partial charge on any atom is -0.459 e. The molecule has 0 saturated heterocycles. The molecule has 0 aliphatic rings. The molecule has 1 aromatic heterocycles. The second-order valence-corrected chi connectivity index (χ2v) is 6.04. The fraction of sp³-hybridized carbons (Fsp3) is 0.667. The van der Waals surface area contributed by atoms with Crippen molar-refractivity contribution in [3.63, 3.8) is 0 Å². The monoisotopic (exact) mass is 271 g/mol. The van der Waals surface area contributed by atoms with Crippen LogP contribution in [-0.4, -0.2) is 27.1 Å². The molecular formula is C12H21N3O2S. The number of aryl methyl sites for hydroxylation is 2. The summed E-state index contributed by atoms with van der Waals surface area (Å²) in [5, 5.41) is 5.23. The molecular weight excluding hydrogens is 250 g/mol. The van der Waals surface area contributed by atoms with E-state index in [-0.39, 0.29) is 11.7 Å². The Bertz CT molecular complexity index is 435. The zero-order chi connectivity index (χ0) is 13.9. The van der Waals surface area contributed by atoms with Crippen LogP contribution in [0.1, 0.15) is 32.0 Å². The van der Waals surface area contributed by atoms with E-state index in [2.05, 4.69) is 5.10 Å². The molecule has 0 saturated carbocycles. The first-order valence-corrected chi connectivity index (χ1v) is 6.80. The van der Waals surface area contributed by atoms with Crippen LogP contribution in [0.3, 0.4) is 0 Å². The van der Waals surface area contributed by atoms with E-state index in [9.17, 15) is 4.79 Å². The number of ether oxygens (including phenoxy) is 1. The number of carbonyl (C=O) groups excluding carboxylic acids is 1. The average molecular weight is 271 g/mol. The van der Waals surface area contributed by atoms with Crippen molar-refractivity contribution >= 4 is 17.7 Å². The topological polar surface area (TPSA) is 70.1 Å². The highest BCUT2D eigenvalue weighted by atomic mass is 32.2. The first kappa shape index (κ1) is 15.0. The maximum Gasteiger partial charge on any atom is 0.316 e. The zero-order valence-electron chi connectivity index (χ0n) is 11.6. The quantitative estimate of drug-likeness (QED) is 0.665. The summed E-state index contributed by atoms with van der Waals surface area (Å²) < 4.78 is 7.02. The van der Waals surface area contributed by atoms with E-state index in [0.717, 1.165) is 16.3 Å². The molecule has 18 heavy (non-hydrogen) atoms. The van der Waals surface area contributed by atoms with Gasteiger partial charge in [0.25, 0.3) is 0 Å². The molecule has 0 amide bonds. The van der Waals surface area contributed by atoms with E-state index >= 15 is 0 Å². The standard InChI is InChI=1S/C12H21N3O2S/c1-8-9(6-13)11(15(5)14-8)18-7-10(16)17-12(2,3)4/h6-7,13H2,1-5H3. The van der Waals surface area contributed by atoms with Gasteiger partial charge in [-0.1, -0.05) is 11.8 Å². The van der Waals surface area contributed by atoms with Crippen LogP contribution in [0.25, 0.3) is 0 Å².